The summed E-state index contributed by atoms with van der Waals surface area (Å²) in [6.45, 7) is 4.24. The maximum atomic E-state index is 12.9. The van der Waals surface area contributed by atoms with Gasteiger partial charge in [-0.25, -0.2) is 8.78 Å². The molecule has 1 aliphatic heterocycles. The molecule has 1 saturated heterocycles. The SMILES string of the molecule is CC(C)N1CCOCC(F)(F)C1. The van der Waals surface area contributed by atoms with E-state index in [-0.39, 0.29) is 12.6 Å². The number of nitrogens with zero attached hydrogens (tertiary/aromatic N) is 1. The molecule has 0 amide bonds. The average molecular weight is 179 g/mol. The Morgan fingerprint density at radius 3 is 2.67 bits per heavy atom. The third-order valence-electron chi connectivity index (χ3n) is 2.00. The third kappa shape index (κ3) is 2.68. The average Bonchev–Trinajstić information content (AvgIpc) is 2.10. The molecule has 2 nitrogen and oxygen atoms in total. The van der Waals surface area contributed by atoms with Crippen LogP contribution in [0.2, 0.25) is 0 Å². The minimum atomic E-state index is -2.68. The van der Waals surface area contributed by atoms with Gasteiger partial charge in [-0.15, -0.1) is 0 Å². The van der Waals surface area contributed by atoms with Gasteiger partial charge in [-0.1, -0.05) is 0 Å². The van der Waals surface area contributed by atoms with E-state index in [0.717, 1.165) is 0 Å². The van der Waals surface area contributed by atoms with Crippen molar-refractivity contribution in [1.82, 2.24) is 4.90 Å². The van der Waals surface area contributed by atoms with Gasteiger partial charge in [0.1, 0.15) is 6.61 Å². The van der Waals surface area contributed by atoms with Gasteiger partial charge in [0.15, 0.2) is 0 Å². The van der Waals surface area contributed by atoms with Crippen LogP contribution in [0.15, 0.2) is 0 Å². The van der Waals surface area contributed by atoms with E-state index in [1.54, 1.807) is 4.90 Å². The summed E-state index contributed by atoms with van der Waals surface area (Å²) in [6, 6.07) is 0.164. The van der Waals surface area contributed by atoms with Crippen molar-refractivity contribution in [3.8, 4) is 0 Å². The van der Waals surface area contributed by atoms with Crippen LogP contribution in [0.3, 0.4) is 0 Å². The van der Waals surface area contributed by atoms with Crippen molar-refractivity contribution in [3.63, 3.8) is 0 Å². The number of rotatable bonds is 1. The quantitative estimate of drug-likeness (QED) is 0.602. The molecule has 0 bridgehead atoms. The molecular weight excluding hydrogens is 164 g/mol. The van der Waals surface area contributed by atoms with E-state index in [9.17, 15) is 8.78 Å². The summed E-state index contributed by atoms with van der Waals surface area (Å²) < 4.78 is 30.6. The van der Waals surface area contributed by atoms with E-state index in [2.05, 4.69) is 0 Å². The Morgan fingerprint density at radius 2 is 2.08 bits per heavy atom. The third-order valence-corrected chi connectivity index (χ3v) is 2.00. The number of hydrogen-bond donors (Lipinski definition) is 0. The lowest BCUT2D eigenvalue weighted by molar-refractivity contribution is -0.0706. The normalized spacial score (nSPS) is 25.8. The van der Waals surface area contributed by atoms with E-state index < -0.39 is 12.5 Å². The summed E-state index contributed by atoms with van der Waals surface area (Å²) in [5, 5.41) is 0. The first-order valence-corrected chi connectivity index (χ1v) is 4.21. The molecule has 0 aromatic carbocycles. The first-order valence-electron chi connectivity index (χ1n) is 4.21. The zero-order chi connectivity index (χ0) is 9.19. The minimum Gasteiger partial charge on any atom is -0.374 e. The molecule has 4 heteroatoms. The predicted octanol–water partition coefficient (Wildman–Crippen LogP) is 1.36. The van der Waals surface area contributed by atoms with Crippen LogP contribution in [0.5, 0.6) is 0 Å². The van der Waals surface area contributed by atoms with E-state index in [1.165, 1.54) is 0 Å². The standard InChI is InChI=1S/C8H15F2NO/c1-7(2)11-3-4-12-6-8(9,10)5-11/h7H,3-6H2,1-2H3. The largest absolute Gasteiger partial charge is 0.374 e. The Labute approximate surface area is 71.5 Å². The predicted molar refractivity (Wildman–Crippen MR) is 42.5 cm³/mol. The first kappa shape index (κ1) is 9.86. The number of hydrogen-bond acceptors (Lipinski definition) is 2. The van der Waals surface area contributed by atoms with Gasteiger partial charge < -0.3 is 4.74 Å². The highest BCUT2D eigenvalue weighted by Gasteiger charge is 2.34. The molecule has 1 rings (SSSR count). The number of halogens is 2. The van der Waals surface area contributed by atoms with Crippen LogP contribution in [-0.2, 0) is 4.74 Å². The van der Waals surface area contributed by atoms with Crippen molar-refractivity contribution in [1.29, 1.82) is 0 Å². The van der Waals surface area contributed by atoms with Gasteiger partial charge in [-0.2, -0.15) is 0 Å². The fourth-order valence-electron chi connectivity index (χ4n) is 1.27. The smallest absolute Gasteiger partial charge is 0.283 e. The highest BCUT2D eigenvalue weighted by molar-refractivity contribution is 4.76. The van der Waals surface area contributed by atoms with Crippen molar-refractivity contribution >= 4 is 0 Å². The molecule has 1 heterocycles. The van der Waals surface area contributed by atoms with Crippen LogP contribution in [0.25, 0.3) is 0 Å². The van der Waals surface area contributed by atoms with Crippen molar-refractivity contribution in [2.75, 3.05) is 26.3 Å². The molecule has 0 aliphatic carbocycles. The summed E-state index contributed by atoms with van der Waals surface area (Å²) in [7, 11) is 0. The van der Waals surface area contributed by atoms with E-state index in [0.29, 0.717) is 13.2 Å². The first-order chi connectivity index (χ1) is 5.51. The Kier molecular flexibility index (Phi) is 3.01. The van der Waals surface area contributed by atoms with E-state index >= 15 is 0 Å². The molecular formula is C8H15F2NO. The molecule has 0 atom stereocenters. The van der Waals surface area contributed by atoms with E-state index in [1.807, 2.05) is 13.8 Å². The van der Waals surface area contributed by atoms with Gasteiger partial charge in [-0.3, -0.25) is 4.90 Å². The van der Waals surface area contributed by atoms with Crippen LogP contribution < -0.4 is 0 Å². The van der Waals surface area contributed by atoms with Gasteiger partial charge in [0.2, 0.25) is 0 Å². The molecule has 1 aliphatic rings. The summed E-state index contributed by atoms with van der Waals surface area (Å²) in [4.78, 5) is 1.74. The summed E-state index contributed by atoms with van der Waals surface area (Å²) in [5.74, 6) is -2.68. The molecule has 0 spiro atoms. The Balaban J connectivity index is 2.54. The van der Waals surface area contributed by atoms with Crippen LogP contribution in [0, 0.1) is 0 Å². The second-order valence-electron chi connectivity index (χ2n) is 3.47. The number of ether oxygens (including phenoxy) is 1. The monoisotopic (exact) mass is 179 g/mol. The summed E-state index contributed by atoms with van der Waals surface area (Å²) >= 11 is 0. The van der Waals surface area contributed by atoms with Crippen LogP contribution in [-0.4, -0.2) is 43.2 Å². The lowest BCUT2D eigenvalue weighted by Gasteiger charge is -2.26. The molecule has 0 unspecified atom stereocenters. The topological polar surface area (TPSA) is 12.5 Å². The Morgan fingerprint density at radius 1 is 1.42 bits per heavy atom. The van der Waals surface area contributed by atoms with Crippen molar-refractivity contribution in [2.45, 2.75) is 25.8 Å². The summed E-state index contributed by atoms with van der Waals surface area (Å²) in [6.07, 6.45) is 0. The minimum absolute atomic E-state index is 0.164. The van der Waals surface area contributed by atoms with Crippen molar-refractivity contribution in [3.05, 3.63) is 0 Å². The maximum Gasteiger partial charge on any atom is 0.283 e. The lowest BCUT2D eigenvalue weighted by atomic mass is 10.2. The molecule has 0 aromatic rings. The second kappa shape index (κ2) is 3.66. The van der Waals surface area contributed by atoms with Crippen LogP contribution in [0.4, 0.5) is 8.78 Å². The van der Waals surface area contributed by atoms with Crippen LogP contribution in [0.1, 0.15) is 13.8 Å². The van der Waals surface area contributed by atoms with Crippen LogP contribution >= 0.6 is 0 Å². The van der Waals surface area contributed by atoms with Crippen molar-refractivity contribution < 1.29 is 13.5 Å². The van der Waals surface area contributed by atoms with Crippen molar-refractivity contribution in [2.24, 2.45) is 0 Å². The zero-order valence-corrected chi connectivity index (χ0v) is 7.52. The highest BCUT2D eigenvalue weighted by Crippen LogP contribution is 2.19. The summed E-state index contributed by atoms with van der Waals surface area (Å²) in [5.41, 5.74) is 0. The Hall–Kier alpha value is -0.220. The van der Waals surface area contributed by atoms with E-state index in [4.69, 9.17) is 4.74 Å². The molecule has 1 fully saturated rings. The van der Waals surface area contributed by atoms with Gasteiger partial charge in [0.05, 0.1) is 13.2 Å². The molecule has 0 aromatic heterocycles. The molecule has 72 valence electrons. The Bertz CT molecular complexity index is 150. The lowest BCUT2D eigenvalue weighted by Crippen LogP contribution is -2.41. The van der Waals surface area contributed by atoms with Gasteiger partial charge >= 0.3 is 0 Å². The fraction of sp³-hybridized carbons (Fsp3) is 1.00. The molecule has 12 heavy (non-hydrogen) atoms. The molecule has 0 saturated carbocycles. The molecule has 0 N–H and O–H groups in total. The zero-order valence-electron chi connectivity index (χ0n) is 7.52. The number of alkyl halides is 2. The van der Waals surface area contributed by atoms with Gasteiger partial charge in [-0.05, 0) is 13.8 Å². The van der Waals surface area contributed by atoms with Gasteiger partial charge in [0, 0.05) is 12.6 Å². The highest BCUT2D eigenvalue weighted by atomic mass is 19.3. The second-order valence-corrected chi connectivity index (χ2v) is 3.47. The molecule has 0 radical (unpaired) electrons. The van der Waals surface area contributed by atoms with Gasteiger partial charge in [0.25, 0.3) is 5.92 Å². The maximum absolute atomic E-state index is 12.9. The fourth-order valence-corrected chi connectivity index (χ4v) is 1.27.